The van der Waals surface area contributed by atoms with Crippen molar-refractivity contribution in [3.63, 3.8) is 0 Å². The van der Waals surface area contributed by atoms with Gasteiger partial charge in [-0.25, -0.2) is 9.78 Å². The van der Waals surface area contributed by atoms with Crippen molar-refractivity contribution >= 4 is 23.6 Å². The quantitative estimate of drug-likeness (QED) is 0.387. The Hall–Kier alpha value is -3.31. The summed E-state index contributed by atoms with van der Waals surface area (Å²) in [7, 11) is 0. The van der Waals surface area contributed by atoms with Gasteiger partial charge in [-0.2, -0.15) is 0 Å². The fourth-order valence-corrected chi connectivity index (χ4v) is 2.76. The molecule has 0 amide bonds. The maximum atomic E-state index is 10.6. The Kier molecular flexibility index (Phi) is 6.87. The van der Waals surface area contributed by atoms with Gasteiger partial charge in [0, 0.05) is 17.7 Å². The van der Waals surface area contributed by atoms with Gasteiger partial charge in [0.1, 0.15) is 18.1 Å². The normalized spacial score (nSPS) is 10.8. The predicted octanol–water partition coefficient (Wildman–Crippen LogP) is 5.60. The molecule has 1 N–H and O–H groups in total. The molecule has 0 saturated heterocycles. The number of pyridine rings is 1. The lowest BCUT2D eigenvalue weighted by Gasteiger charge is -2.11. The molecule has 148 valence electrons. The molecule has 1 aromatic heterocycles. The topological polar surface area (TPSA) is 68.7 Å². The lowest BCUT2D eigenvalue weighted by Crippen LogP contribution is -1.97. The molecule has 0 bridgehead atoms. The number of rotatable bonds is 8. The Morgan fingerprint density at radius 2 is 1.93 bits per heavy atom. The van der Waals surface area contributed by atoms with E-state index in [0.29, 0.717) is 24.0 Å². The summed E-state index contributed by atoms with van der Waals surface area (Å²) in [6.07, 6.45) is 4.18. The summed E-state index contributed by atoms with van der Waals surface area (Å²) in [5.41, 5.74) is 3.75. The Morgan fingerprint density at radius 1 is 1.14 bits per heavy atom. The van der Waals surface area contributed by atoms with Gasteiger partial charge in [0.25, 0.3) is 0 Å². The molecule has 6 heteroatoms. The first kappa shape index (κ1) is 20.4. The largest absolute Gasteiger partial charge is 0.487 e. The van der Waals surface area contributed by atoms with Gasteiger partial charge in [-0.15, -0.1) is 11.6 Å². The second-order valence-electron chi connectivity index (χ2n) is 6.38. The van der Waals surface area contributed by atoms with E-state index in [1.165, 1.54) is 11.6 Å². The minimum atomic E-state index is -1.01. The number of aromatic nitrogens is 1. The number of hydrogen-bond acceptors (Lipinski definition) is 4. The van der Waals surface area contributed by atoms with Crippen LogP contribution in [0.25, 0.3) is 6.08 Å². The Labute approximate surface area is 174 Å². The van der Waals surface area contributed by atoms with Crippen LogP contribution in [0.3, 0.4) is 0 Å². The average Bonchev–Trinajstić information content (AvgIpc) is 2.73. The first-order valence-corrected chi connectivity index (χ1v) is 9.49. The maximum absolute atomic E-state index is 10.6. The first-order valence-electron chi connectivity index (χ1n) is 8.95. The van der Waals surface area contributed by atoms with Gasteiger partial charge in [-0.1, -0.05) is 35.9 Å². The van der Waals surface area contributed by atoms with Crippen molar-refractivity contribution in [2.45, 2.75) is 19.4 Å². The highest BCUT2D eigenvalue weighted by atomic mass is 35.5. The van der Waals surface area contributed by atoms with Crippen molar-refractivity contribution in [3.8, 4) is 17.4 Å². The highest BCUT2D eigenvalue weighted by Gasteiger charge is 2.07. The molecule has 0 aliphatic rings. The lowest BCUT2D eigenvalue weighted by atomic mass is 10.1. The molecule has 0 unspecified atom stereocenters. The van der Waals surface area contributed by atoms with Crippen LogP contribution in [0.4, 0.5) is 0 Å². The second kappa shape index (κ2) is 9.75. The fraction of sp³-hybridized carbons (Fsp3) is 0.130. The van der Waals surface area contributed by atoms with Crippen molar-refractivity contribution in [1.29, 1.82) is 0 Å². The van der Waals surface area contributed by atoms with Gasteiger partial charge in [0.15, 0.2) is 0 Å². The van der Waals surface area contributed by atoms with E-state index in [0.717, 1.165) is 22.8 Å². The smallest absolute Gasteiger partial charge is 0.328 e. The number of aryl methyl sites for hydroxylation is 1. The molecule has 0 atom stereocenters. The highest BCUT2D eigenvalue weighted by Crippen LogP contribution is 2.28. The zero-order valence-corrected chi connectivity index (χ0v) is 16.6. The predicted molar refractivity (Wildman–Crippen MR) is 112 cm³/mol. The molecule has 0 saturated carbocycles. The van der Waals surface area contributed by atoms with Gasteiger partial charge >= 0.3 is 5.97 Å². The number of hydrogen-bond donors (Lipinski definition) is 1. The molecule has 0 aliphatic heterocycles. The third-order valence-corrected chi connectivity index (χ3v) is 4.38. The van der Waals surface area contributed by atoms with Crippen LogP contribution in [-0.4, -0.2) is 16.1 Å². The third-order valence-electron chi connectivity index (χ3n) is 4.10. The van der Waals surface area contributed by atoms with Gasteiger partial charge in [0.05, 0.1) is 12.1 Å². The van der Waals surface area contributed by atoms with E-state index in [1.54, 1.807) is 36.5 Å². The summed E-state index contributed by atoms with van der Waals surface area (Å²) in [6.45, 7) is 2.51. The first-order chi connectivity index (χ1) is 14.0. The van der Waals surface area contributed by atoms with Crippen LogP contribution < -0.4 is 9.47 Å². The van der Waals surface area contributed by atoms with Crippen molar-refractivity contribution in [3.05, 3.63) is 89.1 Å². The van der Waals surface area contributed by atoms with Crippen LogP contribution in [-0.2, 0) is 17.3 Å². The van der Waals surface area contributed by atoms with E-state index in [9.17, 15) is 4.79 Å². The van der Waals surface area contributed by atoms with E-state index in [2.05, 4.69) is 4.98 Å². The van der Waals surface area contributed by atoms with Crippen LogP contribution in [0.2, 0.25) is 0 Å². The molecule has 0 spiro atoms. The lowest BCUT2D eigenvalue weighted by molar-refractivity contribution is -0.131. The van der Waals surface area contributed by atoms with Gasteiger partial charge in [0.2, 0.25) is 5.88 Å². The molecule has 0 fully saturated rings. The number of benzene rings is 2. The van der Waals surface area contributed by atoms with Crippen LogP contribution in [0.15, 0.2) is 66.9 Å². The van der Waals surface area contributed by atoms with Crippen molar-refractivity contribution in [2.24, 2.45) is 0 Å². The van der Waals surface area contributed by atoms with E-state index in [4.69, 9.17) is 26.2 Å². The number of carboxylic acids is 1. The molecular formula is C23H20ClNO4. The third kappa shape index (κ3) is 6.09. The highest BCUT2D eigenvalue weighted by molar-refractivity contribution is 6.17. The summed E-state index contributed by atoms with van der Waals surface area (Å²) in [4.78, 5) is 14.9. The van der Waals surface area contributed by atoms with E-state index in [1.807, 2.05) is 31.2 Å². The monoisotopic (exact) mass is 409 g/mol. The standard InChI is InChI=1S/C23H20ClNO4/c1-16-2-4-18(5-3-16)15-28-20-8-10-22(25-14-20)29-21-9-6-17(7-11-23(26)27)12-19(21)13-24/h2-12,14H,13,15H2,1H3,(H,26,27)/b11-7+. The Balaban J connectivity index is 1.64. The summed E-state index contributed by atoms with van der Waals surface area (Å²) in [5.74, 6) is 0.833. The van der Waals surface area contributed by atoms with Gasteiger partial charge in [-0.05, 0) is 42.3 Å². The van der Waals surface area contributed by atoms with E-state index in [-0.39, 0.29) is 5.88 Å². The number of ether oxygens (including phenoxy) is 2. The molecule has 2 aromatic carbocycles. The van der Waals surface area contributed by atoms with Gasteiger partial charge in [-0.3, -0.25) is 0 Å². The van der Waals surface area contributed by atoms with Crippen LogP contribution in [0.5, 0.6) is 17.4 Å². The number of nitrogens with zero attached hydrogens (tertiary/aromatic N) is 1. The van der Waals surface area contributed by atoms with Crippen molar-refractivity contribution in [1.82, 2.24) is 4.98 Å². The Morgan fingerprint density at radius 3 is 2.59 bits per heavy atom. The number of aliphatic carboxylic acids is 1. The number of carboxylic acid groups (broad SMARTS) is 1. The number of carbonyl (C=O) groups is 1. The summed E-state index contributed by atoms with van der Waals surface area (Å²) < 4.78 is 11.6. The van der Waals surface area contributed by atoms with Crippen LogP contribution >= 0.6 is 11.6 Å². The minimum absolute atomic E-state index is 0.224. The fourth-order valence-electron chi connectivity index (χ4n) is 2.55. The Bertz CT molecular complexity index is 998. The summed E-state index contributed by atoms with van der Waals surface area (Å²) >= 11 is 6.01. The SMILES string of the molecule is Cc1ccc(COc2ccc(Oc3ccc(/C=C/C(=O)O)cc3CCl)nc2)cc1. The summed E-state index contributed by atoms with van der Waals surface area (Å²) in [5, 5.41) is 8.73. The van der Waals surface area contributed by atoms with E-state index < -0.39 is 5.97 Å². The molecule has 3 aromatic rings. The number of alkyl halides is 1. The molecule has 29 heavy (non-hydrogen) atoms. The molecule has 3 rings (SSSR count). The molecule has 1 heterocycles. The van der Waals surface area contributed by atoms with E-state index >= 15 is 0 Å². The molecule has 5 nitrogen and oxygen atoms in total. The second-order valence-corrected chi connectivity index (χ2v) is 6.65. The molecule has 0 aliphatic carbocycles. The van der Waals surface area contributed by atoms with Crippen molar-refractivity contribution in [2.75, 3.05) is 0 Å². The van der Waals surface area contributed by atoms with Crippen LogP contribution in [0.1, 0.15) is 22.3 Å². The maximum Gasteiger partial charge on any atom is 0.328 e. The average molecular weight is 410 g/mol. The van der Waals surface area contributed by atoms with Crippen LogP contribution in [0, 0.1) is 6.92 Å². The number of halogens is 1. The van der Waals surface area contributed by atoms with Crippen molar-refractivity contribution < 1.29 is 19.4 Å². The molecular weight excluding hydrogens is 390 g/mol. The molecule has 0 radical (unpaired) electrons. The van der Waals surface area contributed by atoms with Gasteiger partial charge < -0.3 is 14.6 Å². The zero-order chi connectivity index (χ0) is 20.6. The summed E-state index contributed by atoms with van der Waals surface area (Å²) in [6, 6.07) is 16.9. The zero-order valence-electron chi connectivity index (χ0n) is 15.8. The minimum Gasteiger partial charge on any atom is -0.487 e.